The van der Waals surface area contributed by atoms with Crippen LogP contribution in [0.5, 0.6) is 0 Å². The summed E-state index contributed by atoms with van der Waals surface area (Å²) in [5, 5.41) is 3.10. The molecule has 4 rings (SSSR count). The second-order valence-corrected chi connectivity index (χ2v) is 9.94. The monoisotopic (exact) mass is 481 g/mol. The van der Waals surface area contributed by atoms with Crippen LogP contribution < -0.4 is 5.32 Å². The van der Waals surface area contributed by atoms with Crippen molar-refractivity contribution in [2.24, 2.45) is 0 Å². The van der Waals surface area contributed by atoms with Gasteiger partial charge >= 0.3 is 6.03 Å². The Morgan fingerprint density at radius 2 is 1.81 bits per heavy atom. The van der Waals surface area contributed by atoms with Crippen molar-refractivity contribution in [3.8, 4) is 0 Å². The Bertz CT molecular complexity index is 1190. The molecule has 3 aromatic rings. The van der Waals surface area contributed by atoms with E-state index in [1.54, 1.807) is 11.0 Å². The van der Waals surface area contributed by atoms with E-state index in [4.69, 9.17) is 23.2 Å². The highest BCUT2D eigenvalue weighted by atomic mass is 35.5. The normalized spacial score (nSPS) is 16.4. The third kappa shape index (κ3) is 4.36. The number of rotatable bonds is 4. The van der Waals surface area contributed by atoms with Crippen LogP contribution in [0.1, 0.15) is 18.8 Å². The number of aromatic amines is 1. The van der Waals surface area contributed by atoms with E-state index in [0.717, 1.165) is 11.0 Å². The highest BCUT2D eigenvalue weighted by molar-refractivity contribution is 7.89. The Balaban J connectivity index is 1.39. The molecule has 0 bridgehead atoms. The predicted octanol–water partition coefficient (Wildman–Crippen LogP) is 3.65. The molecule has 1 atom stereocenters. The van der Waals surface area contributed by atoms with Crippen LogP contribution in [-0.2, 0) is 10.0 Å². The smallest absolute Gasteiger partial charge is 0.318 e. The molecule has 1 aromatic heterocycles. The van der Waals surface area contributed by atoms with Crippen molar-refractivity contribution in [1.29, 1.82) is 0 Å². The Morgan fingerprint density at radius 1 is 1.10 bits per heavy atom. The largest absolute Gasteiger partial charge is 0.340 e. The lowest BCUT2D eigenvalue weighted by atomic mass is 10.3. The SMILES string of the molecule is CC(NC(=O)N1CCN(S(=O)(=O)c2cccc(Cl)c2Cl)CC1)c1nc2ccccc2[nH]1. The van der Waals surface area contributed by atoms with E-state index in [0.29, 0.717) is 5.82 Å². The number of imidazole rings is 1. The first-order valence-corrected chi connectivity index (χ1v) is 11.9. The van der Waals surface area contributed by atoms with Crippen LogP contribution >= 0.6 is 23.2 Å². The Kier molecular flexibility index (Phi) is 6.11. The van der Waals surface area contributed by atoms with Crippen molar-refractivity contribution in [1.82, 2.24) is 24.5 Å². The highest BCUT2D eigenvalue weighted by Gasteiger charge is 2.32. The van der Waals surface area contributed by atoms with Crippen LogP contribution in [0.3, 0.4) is 0 Å². The molecule has 1 aliphatic rings. The molecule has 1 aliphatic heterocycles. The van der Waals surface area contributed by atoms with Crippen LogP contribution in [0, 0.1) is 0 Å². The van der Waals surface area contributed by atoms with Crippen molar-refractivity contribution in [2.45, 2.75) is 17.9 Å². The summed E-state index contributed by atoms with van der Waals surface area (Å²) >= 11 is 12.1. The van der Waals surface area contributed by atoms with Gasteiger partial charge in [-0.2, -0.15) is 4.31 Å². The van der Waals surface area contributed by atoms with Gasteiger partial charge in [0.2, 0.25) is 10.0 Å². The summed E-state index contributed by atoms with van der Waals surface area (Å²) in [7, 11) is -3.80. The average molecular weight is 482 g/mol. The van der Waals surface area contributed by atoms with Gasteiger partial charge in [-0.1, -0.05) is 41.4 Å². The molecule has 2 N–H and O–H groups in total. The molecule has 0 aliphatic carbocycles. The van der Waals surface area contributed by atoms with Crippen molar-refractivity contribution in [2.75, 3.05) is 26.2 Å². The molecule has 8 nitrogen and oxygen atoms in total. The zero-order chi connectivity index (χ0) is 22.2. The fourth-order valence-electron chi connectivity index (χ4n) is 3.48. The topological polar surface area (TPSA) is 98.4 Å². The summed E-state index contributed by atoms with van der Waals surface area (Å²) in [6.07, 6.45) is 0. The van der Waals surface area contributed by atoms with Crippen LogP contribution in [0.4, 0.5) is 4.79 Å². The first-order chi connectivity index (χ1) is 14.8. The van der Waals surface area contributed by atoms with Gasteiger partial charge in [0.15, 0.2) is 0 Å². The minimum atomic E-state index is -3.80. The molecule has 31 heavy (non-hydrogen) atoms. The summed E-state index contributed by atoms with van der Waals surface area (Å²) in [4.78, 5) is 22.0. The van der Waals surface area contributed by atoms with Gasteiger partial charge in [0.25, 0.3) is 0 Å². The molecule has 1 unspecified atom stereocenters. The number of sulfonamides is 1. The third-order valence-corrected chi connectivity index (χ3v) is 8.09. The van der Waals surface area contributed by atoms with Crippen molar-refractivity contribution >= 4 is 50.3 Å². The summed E-state index contributed by atoms with van der Waals surface area (Å²) in [6, 6.07) is 11.5. The number of carbonyl (C=O) groups excluding carboxylic acids is 1. The zero-order valence-electron chi connectivity index (χ0n) is 16.7. The van der Waals surface area contributed by atoms with E-state index in [9.17, 15) is 13.2 Å². The number of fused-ring (bicyclic) bond motifs is 1. The number of piperazine rings is 1. The standard InChI is InChI=1S/C20H21Cl2N5O3S/c1-13(19-24-15-6-2-3-7-16(15)25-19)23-20(28)26-9-11-27(12-10-26)31(29,30)17-8-4-5-14(21)18(17)22/h2-8,13H,9-12H2,1H3,(H,23,28)(H,24,25). The quantitative estimate of drug-likeness (QED) is 0.593. The van der Waals surface area contributed by atoms with Gasteiger partial charge in [0.05, 0.1) is 27.1 Å². The first-order valence-electron chi connectivity index (χ1n) is 9.71. The first kappa shape index (κ1) is 21.9. The number of amides is 2. The number of hydrogen-bond donors (Lipinski definition) is 2. The van der Waals surface area contributed by atoms with Gasteiger partial charge in [0.1, 0.15) is 10.7 Å². The molecule has 2 aromatic carbocycles. The summed E-state index contributed by atoms with van der Waals surface area (Å²) in [5.74, 6) is 0.659. The second-order valence-electron chi connectivity index (χ2n) is 7.25. The van der Waals surface area contributed by atoms with Crippen LogP contribution in [-0.4, -0.2) is 59.8 Å². The van der Waals surface area contributed by atoms with Gasteiger partial charge < -0.3 is 15.2 Å². The van der Waals surface area contributed by atoms with E-state index in [-0.39, 0.29) is 53.2 Å². The summed E-state index contributed by atoms with van der Waals surface area (Å²) < 4.78 is 27.2. The molecule has 1 saturated heterocycles. The Labute approximate surface area is 190 Å². The lowest BCUT2D eigenvalue weighted by Gasteiger charge is -2.34. The Hall–Kier alpha value is -2.33. The van der Waals surface area contributed by atoms with E-state index in [1.807, 2.05) is 31.2 Å². The third-order valence-electron chi connectivity index (χ3n) is 5.22. The number of H-pyrrole nitrogens is 1. The molecular formula is C20H21Cl2N5O3S. The minimum Gasteiger partial charge on any atom is -0.340 e. The van der Waals surface area contributed by atoms with Crippen molar-refractivity contribution in [3.63, 3.8) is 0 Å². The average Bonchev–Trinajstić information content (AvgIpc) is 3.20. The van der Waals surface area contributed by atoms with Gasteiger partial charge in [-0.25, -0.2) is 18.2 Å². The molecule has 0 radical (unpaired) electrons. The number of hydrogen-bond acceptors (Lipinski definition) is 4. The Morgan fingerprint density at radius 3 is 2.52 bits per heavy atom. The van der Waals surface area contributed by atoms with Gasteiger partial charge in [-0.05, 0) is 31.2 Å². The molecule has 2 heterocycles. The number of halogens is 2. The van der Waals surface area contributed by atoms with Crippen molar-refractivity contribution < 1.29 is 13.2 Å². The minimum absolute atomic E-state index is 0.00370. The number of urea groups is 1. The van der Waals surface area contributed by atoms with Gasteiger partial charge in [-0.3, -0.25) is 0 Å². The fourth-order valence-corrected chi connectivity index (χ4v) is 5.63. The number of aromatic nitrogens is 2. The lowest BCUT2D eigenvalue weighted by molar-refractivity contribution is 0.169. The maximum absolute atomic E-state index is 12.9. The number of nitrogens with zero attached hydrogens (tertiary/aromatic N) is 3. The number of nitrogens with one attached hydrogen (secondary N) is 2. The maximum Gasteiger partial charge on any atom is 0.318 e. The molecule has 2 amide bonds. The van der Waals surface area contributed by atoms with E-state index in [2.05, 4.69) is 15.3 Å². The highest BCUT2D eigenvalue weighted by Crippen LogP contribution is 2.31. The van der Waals surface area contributed by atoms with Crippen LogP contribution in [0.15, 0.2) is 47.4 Å². The molecule has 11 heteroatoms. The fraction of sp³-hybridized carbons (Fsp3) is 0.300. The number of benzene rings is 2. The molecule has 1 fully saturated rings. The van der Waals surface area contributed by atoms with E-state index >= 15 is 0 Å². The van der Waals surface area contributed by atoms with E-state index < -0.39 is 10.0 Å². The maximum atomic E-state index is 12.9. The molecule has 0 spiro atoms. The lowest BCUT2D eigenvalue weighted by Crippen LogP contribution is -2.53. The van der Waals surface area contributed by atoms with Crippen LogP contribution in [0.25, 0.3) is 11.0 Å². The van der Waals surface area contributed by atoms with Crippen molar-refractivity contribution in [3.05, 3.63) is 58.3 Å². The van der Waals surface area contributed by atoms with Crippen LogP contribution in [0.2, 0.25) is 10.0 Å². The number of para-hydroxylation sites is 2. The zero-order valence-corrected chi connectivity index (χ0v) is 19.0. The predicted molar refractivity (Wildman–Crippen MR) is 120 cm³/mol. The van der Waals surface area contributed by atoms with Gasteiger partial charge in [-0.15, -0.1) is 0 Å². The summed E-state index contributed by atoms with van der Waals surface area (Å²) in [5.41, 5.74) is 1.73. The molecule has 164 valence electrons. The summed E-state index contributed by atoms with van der Waals surface area (Å²) in [6.45, 7) is 2.69. The number of carbonyl (C=O) groups is 1. The van der Waals surface area contributed by atoms with Gasteiger partial charge in [0, 0.05) is 26.2 Å². The molecule has 0 saturated carbocycles. The van der Waals surface area contributed by atoms with E-state index in [1.165, 1.54) is 16.4 Å². The second kappa shape index (κ2) is 8.66. The molecular weight excluding hydrogens is 461 g/mol.